The summed E-state index contributed by atoms with van der Waals surface area (Å²) < 4.78 is 10.0. The van der Waals surface area contributed by atoms with Gasteiger partial charge in [0.25, 0.3) is 0 Å². The predicted octanol–water partition coefficient (Wildman–Crippen LogP) is 20.2. The molecule has 0 unspecified atom stereocenters. The van der Waals surface area contributed by atoms with Crippen molar-refractivity contribution in [3.05, 3.63) is 290 Å². The van der Waals surface area contributed by atoms with Crippen LogP contribution in [0.25, 0.3) is 134 Å². The maximum atomic E-state index is 2.55. The van der Waals surface area contributed by atoms with Gasteiger partial charge in [-0.2, -0.15) is 0 Å². The molecule has 4 heterocycles. The minimum Gasteiger partial charge on any atom is -0.311 e. The number of nitrogens with zero attached hydrogens (tertiary/aromatic N) is 4. The fourth-order valence-corrected chi connectivity index (χ4v) is 12.8. The highest BCUT2D eigenvalue weighted by atomic mass is 15.1. The molecule has 380 valence electrons. The number of hydrogen-bond donors (Lipinski definition) is 0. The molecule has 13 aromatic rings. The van der Waals surface area contributed by atoms with Crippen molar-refractivity contribution in [2.24, 2.45) is 0 Å². The average Bonchev–Trinajstić information content (AvgIpc) is 4.33. The summed E-state index contributed by atoms with van der Waals surface area (Å²) in [6.45, 7) is 2.22. The molecule has 2 aliphatic carbocycles. The third kappa shape index (κ3) is 7.74. The van der Waals surface area contributed by atoms with Crippen molar-refractivity contribution >= 4 is 89.0 Å². The van der Waals surface area contributed by atoms with Crippen LogP contribution in [0.3, 0.4) is 0 Å². The van der Waals surface area contributed by atoms with Crippen molar-refractivity contribution in [1.29, 1.82) is 0 Å². The third-order valence-corrected chi connectivity index (χ3v) is 16.4. The summed E-state index contributed by atoms with van der Waals surface area (Å²) in [4.78, 5) is 0. The van der Waals surface area contributed by atoms with Crippen LogP contribution in [0.15, 0.2) is 273 Å². The van der Waals surface area contributed by atoms with Crippen molar-refractivity contribution < 1.29 is 0 Å². The van der Waals surface area contributed by atoms with Gasteiger partial charge in [-0.3, -0.25) is 0 Å². The number of hydrogen-bond acceptors (Lipinski definition) is 0. The number of fused-ring (bicyclic) bond motifs is 14. The average molecular weight is 1030 g/mol. The lowest BCUT2D eigenvalue weighted by Gasteiger charge is -2.18. The maximum Gasteiger partial charge on any atom is 0.0788 e. The molecular weight excluding hydrogens is 969 g/mol. The molecule has 0 fully saturated rings. The molecule has 4 aromatic heterocycles. The largest absolute Gasteiger partial charge is 0.311 e. The van der Waals surface area contributed by atoms with E-state index >= 15 is 0 Å². The Morgan fingerprint density at radius 3 is 1.76 bits per heavy atom. The zero-order chi connectivity index (χ0) is 53.1. The molecule has 4 nitrogen and oxygen atoms in total. The van der Waals surface area contributed by atoms with Crippen LogP contribution in [-0.4, -0.2) is 18.3 Å². The van der Waals surface area contributed by atoms with Gasteiger partial charge in [0.05, 0.1) is 44.5 Å². The molecule has 0 aliphatic heterocycles. The highest BCUT2D eigenvalue weighted by Gasteiger charge is 2.29. The highest BCUT2D eigenvalue weighted by molar-refractivity contribution is 6.24. The van der Waals surface area contributed by atoms with Gasteiger partial charge >= 0.3 is 0 Å². The van der Waals surface area contributed by atoms with Crippen molar-refractivity contribution in [2.45, 2.75) is 26.2 Å². The lowest BCUT2D eigenvalue weighted by molar-refractivity contribution is 1.06. The van der Waals surface area contributed by atoms with E-state index in [1.165, 1.54) is 116 Å². The van der Waals surface area contributed by atoms with Crippen LogP contribution in [0, 0.1) is 0 Å². The topological polar surface area (TPSA) is 19.7 Å². The smallest absolute Gasteiger partial charge is 0.0788 e. The molecule has 2 aliphatic rings. The van der Waals surface area contributed by atoms with Gasteiger partial charge in [-0.15, -0.1) is 0 Å². The Balaban J connectivity index is 0.904. The molecule has 0 radical (unpaired) electrons. The number of allylic oxidation sites excluding steroid dienone is 12. The molecule has 4 heteroatoms. The van der Waals surface area contributed by atoms with Crippen molar-refractivity contribution in [2.75, 3.05) is 0 Å². The second-order valence-electron chi connectivity index (χ2n) is 21.0. The molecule has 0 spiro atoms. The Morgan fingerprint density at radius 2 is 1.05 bits per heavy atom. The second kappa shape index (κ2) is 19.7. The fraction of sp³-hybridized carbons (Fsp3) is 0.0526. The maximum absolute atomic E-state index is 2.55. The summed E-state index contributed by atoms with van der Waals surface area (Å²) in [7, 11) is 0. The molecule has 0 saturated heterocycles. The molecule has 0 saturated carbocycles. The van der Waals surface area contributed by atoms with Crippen LogP contribution in [0.1, 0.15) is 36.5 Å². The first-order chi connectivity index (χ1) is 39.7. The fourth-order valence-electron chi connectivity index (χ4n) is 12.8. The van der Waals surface area contributed by atoms with Crippen molar-refractivity contribution in [3.63, 3.8) is 0 Å². The van der Waals surface area contributed by atoms with E-state index in [-0.39, 0.29) is 0 Å². The molecule has 0 bridgehead atoms. The molecule has 0 amide bonds. The van der Waals surface area contributed by atoms with E-state index in [4.69, 9.17) is 0 Å². The number of aromatic nitrogens is 4. The number of para-hydroxylation sites is 3. The van der Waals surface area contributed by atoms with Gasteiger partial charge in [0.1, 0.15) is 0 Å². The standard InChI is InChI=1S/C76H56N4/c1-2-3-28-57(79-71-48-42-55(53-24-9-6-10-25-53)50-67(71)64-37-22-36-63-61-34-17-19-38-69(61)77(73(63)74(64)79)58-29-13-4-5-14-30-58)33-21-23-52-40-44-60(45-41-52)80-72-49-43-56(54-26-11-7-12-27-54)51-68(72)66-47-46-65-62-35-18-20-39-70(62)78(75(65)76(66)80)59-31-15-8-16-32-59/h3-29,31-35,37-51H,2,30,36H2,1H3/b23-21+,28-3-,57-33+. The minimum atomic E-state index is 0.827. The Labute approximate surface area is 465 Å². The monoisotopic (exact) mass is 1020 g/mol. The van der Waals surface area contributed by atoms with Gasteiger partial charge in [-0.1, -0.05) is 213 Å². The van der Waals surface area contributed by atoms with Gasteiger partial charge < -0.3 is 18.3 Å². The van der Waals surface area contributed by atoms with Crippen LogP contribution in [0.5, 0.6) is 0 Å². The Bertz CT molecular complexity index is 4810. The van der Waals surface area contributed by atoms with E-state index < -0.39 is 0 Å². The summed E-state index contributed by atoms with van der Waals surface area (Å²) in [5.41, 5.74) is 22.7. The van der Waals surface area contributed by atoms with Crippen LogP contribution < -0.4 is 0 Å². The zero-order valence-electron chi connectivity index (χ0n) is 44.5. The minimum absolute atomic E-state index is 0.827. The van der Waals surface area contributed by atoms with Crippen LogP contribution in [-0.2, 0) is 6.42 Å². The summed E-state index contributed by atoms with van der Waals surface area (Å²) in [5.74, 6) is 0. The molecular formula is C76H56N4. The van der Waals surface area contributed by atoms with E-state index in [0.717, 1.165) is 41.9 Å². The summed E-state index contributed by atoms with van der Waals surface area (Å²) in [6, 6.07) is 78.0. The quantitative estimate of drug-likeness (QED) is 0.122. The van der Waals surface area contributed by atoms with Crippen molar-refractivity contribution in [1.82, 2.24) is 18.3 Å². The molecule has 0 N–H and O–H groups in total. The van der Waals surface area contributed by atoms with Crippen molar-refractivity contribution in [3.8, 4) is 45.0 Å². The Hall–Kier alpha value is -10.2. The zero-order valence-corrected chi connectivity index (χ0v) is 44.5. The van der Waals surface area contributed by atoms with E-state index in [0.29, 0.717) is 0 Å². The first kappa shape index (κ1) is 47.1. The van der Waals surface area contributed by atoms with E-state index in [1.807, 2.05) is 0 Å². The Morgan fingerprint density at radius 1 is 0.450 bits per heavy atom. The molecule has 0 atom stereocenters. The first-order valence-electron chi connectivity index (χ1n) is 28.0. The second-order valence-corrected chi connectivity index (χ2v) is 21.0. The van der Waals surface area contributed by atoms with E-state index in [1.54, 1.807) is 0 Å². The molecule has 15 rings (SSSR count). The summed E-state index contributed by atoms with van der Waals surface area (Å²) in [5, 5.41) is 7.44. The van der Waals surface area contributed by atoms with Gasteiger partial charge in [-0.05, 0) is 125 Å². The van der Waals surface area contributed by atoms with Crippen LogP contribution >= 0.6 is 0 Å². The molecule has 80 heavy (non-hydrogen) atoms. The lowest BCUT2D eigenvalue weighted by Crippen LogP contribution is -2.05. The number of benzene rings is 9. The normalized spacial score (nSPS) is 13.7. The van der Waals surface area contributed by atoms with Crippen LogP contribution in [0.4, 0.5) is 0 Å². The third-order valence-electron chi connectivity index (χ3n) is 16.4. The number of rotatable bonds is 10. The van der Waals surface area contributed by atoms with E-state index in [9.17, 15) is 0 Å². The van der Waals surface area contributed by atoms with Gasteiger partial charge in [0.2, 0.25) is 0 Å². The van der Waals surface area contributed by atoms with Gasteiger partial charge in [0.15, 0.2) is 0 Å². The lowest BCUT2D eigenvalue weighted by atomic mass is 10.0. The summed E-state index contributed by atoms with van der Waals surface area (Å²) in [6.07, 6.45) is 29.8. The summed E-state index contributed by atoms with van der Waals surface area (Å²) >= 11 is 0. The SMILES string of the molecule is CC\C=C/C(=C\C=C\c1ccc(-n2c3ccc(-c4ccccc4)cc3c3ccc4c5ccccc5n(-c5ccccc5)c4c32)cc1)n1c2c(c3cc(-c4ccccc4)ccc31)C=CCc1c-2n(C2=CC=CC=CC2)c2ccccc12. The van der Waals surface area contributed by atoms with Gasteiger partial charge in [-0.25, -0.2) is 0 Å². The first-order valence-corrected chi connectivity index (χ1v) is 28.0. The highest BCUT2D eigenvalue weighted by Crippen LogP contribution is 2.48. The molecule has 9 aromatic carbocycles. The van der Waals surface area contributed by atoms with E-state index in [2.05, 4.69) is 310 Å². The predicted molar refractivity (Wildman–Crippen MR) is 342 cm³/mol. The Kier molecular flexibility index (Phi) is 11.6. The van der Waals surface area contributed by atoms with Crippen LogP contribution in [0.2, 0.25) is 0 Å². The van der Waals surface area contributed by atoms with Gasteiger partial charge in [0, 0.05) is 67.1 Å².